The van der Waals surface area contributed by atoms with E-state index in [2.05, 4.69) is 33.0 Å². The Labute approximate surface area is 99.6 Å². The van der Waals surface area contributed by atoms with E-state index in [-0.39, 0.29) is 11.4 Å². The van der Waals surface area contributed by atoms with Crippen LogP contribution >= 0.6 is 0 Å². The van der Waals surface area contributed by atoms with Crippen molar-refractivity contribution in [2.75, 3.05) is 6.67 Å². The van der Waals surface area contributed by atoms with Gasteiger partial charge in [-0.1, -0.05) is 27.2 Å². The summed E-state index contributed by atoms with van der Waals surface area (Å²) in [6.07, 6.45) is 3.15. The van der Waals surface area contributed by atoms with Crippen molar-refractivity contribution < 1.29 is 4.79 Å². The summed E-state index contributed by atoms with van der Waals surface area (Å²) in [5, 5.41) is 3.33. The van der Waals surface area contributed by atoms with Crippen LogP contribution in [-0.4, -0.2) is 29.1 Å². The molecule has 0 bridgehead atoms. The molecule has 3 heteroatoms. The van der Waals surface area contributed by atoms with Crippen LogP contribution in [0.5, 0.6) is 0 Å². The van der Waals surface area contributed by atoms with Crippen molar-refractivity contribution in [3.05, 3.63) is 0 Å². The fourth-order valence-corrected chi connectivity index (χ4v) is 2.23. The molecule has 1 rings (SSSR count). The molecule has 3 atom stereocenters. The molecule has 1 fully saturated rings. The third-order valence-electron chi connectivity index (χ3n) is 4.05. The van der Waals surface area contributed by atoms with E-state index < -0.39 is 0 Å². The van der Waals surface area contributed by atoms with E-state index in [0.717, 1.165) is 12.8 Å². The van der Waals surface area contributed by atoms with E-state index in [0.29, 0.717) is 18.6 Å². The molecular weight excluding hydrogens is 200 g/mol. The third kappa shape index (κ3) is 2.57. The van der Waals surface area contributed by atoms with Gasteiger partial charge in [0.15, 0.2) is 0 Å². The number of amides is 1. The Bertz CT molecular complexity index is 254. The smallest absolute Gasteiger partial charge is 0.243 e. The molecule has 0 aromatic rings. The molecular formula is C13H26N2O. The first kappa shape index (κ1) is 13.5. The van der Waals surface area contributed by atoms with E-state index in [1.165, 1.54) is 6.42 Å². The second kappa shape index (κ2) is 5.17. The summed E-state index contributed by atoms with van der Waals surface area (Å²) in [7, 11) is 0. The standard InChI is InChI=1S/C13H26N2O/c1-6-10(3)8-11(4)15-9-14-13(5,7-2)12(15)16/h10-11,14H,6-9H2,1-5H3. The molecule has 0 aliphatic carbocycles. The minimum atomic E-state index is -0.330. The summed E-state index contributed by atoms with van der Waals surface area (Å²) in [4.78, 5) is 14.2. The van der Waals surface area contributed by atoms with Crippen LogP contribution in [0.4, 0.5) is 0 Å². The summed E-state index contributed by atoms with van der Waals surface area (Å²) >= 11 is 0. The van der Waals surface area contributed by atoms with Gasteiger partial charge in [-0.3, -0.25) is 10.1 Å². The normalized spacial score (nSPS) is 29.6. The lowest BCUT2D eigenvalue weighted by Gasteiger charge is -2.27. The largest absolute Gasteiger partial charge is 0.326 e. The molecule has 1 N–H and O–H groups in total. The van der Waals surface area contributed by atoms with Gasteiger partial charge in [0, 0.05) is 6.04 Å². The van der Waals surface area contributed by atoms with Crippen LogP contribution in [0.25, 0.3) is 0 Å². The zero-order valence-corrected chi connectivity index (χ0v) is 11.3. The Kier molecular flexibility index (Phi) is 4.36. The predicted molar refractivity (Wildman–Crippen MR) is 67.1 cm³/mol. The van der Waals surface area contributed by atoms with Gasteiger partial charge in [0.25, 0.3) is 0 Å². The maximum atomic E-state index is 12.2. The molecule has 1 aliphatic heterocycles. The first-order chi connectivity index (χ1) is 7.44. The molecule has 0 saturated carbocycles. The average Bonchev–Trinajstić information content (AvgIpc) is 2.56. The van der Waals surface area contributed by atoms with Crippen molar-refractivity contribution in [1.29, 1.82) is 0 Å². The highest BCUT2D eigenvalue weighted by molar-refractivity contribution is 5.88. The highest BCUT2D eigenvalue weighted by Gasteiger charge is 2.42. The van der Waals surface area contributed by atoms with Crippen molar-refractivity contribution in [3.8, 4) is 0 Å². The molecule has 3 nitrogen and oxygen atoms in total. The van der Waals surface area contributed by atoms with E-state index >= 15 is 0 Å². The Morgan fingerprint density at radius 3 is 2.50 bits per heavy atom. The Morgan fingerprint density at radius 2 is 2.06 bits per heavy atom. The molecule has 1 saturated heterocycles. The van der Waals surface area contributed by atoms with Gasteiger partial charge in [-0.2, -0.15) is 0 Å². The number of hydrogen-bond acceptors (Lipinski definition) is 2. The lowest BCUT2D eigenvalue weighted by Crippen LogP contribution is -2.44. The zero-order valence-electron chi connectivity index (χ0n) is 11.3. The average molecular weight is 226 g/mol. The fourth-order valence-electron chi connectivity index (χ4n) is 2.23. The monoisotopic (exact) mass is 226 g/mol. The lowest BCUT2D eigenvalue weighted by atomic mass is 9.96. The van der Waals surface area contributed by atoms with Crippen LogP contribution in [0.3, 0.4) is 0 Å². The van der Waals surface area contributed by atoms with Crippen molar-refractivity contribution >= 4 is 5.91 Å². The quantitative estimate of drug-likeness (QED) is 0.780. The van der Waals surface area contributed by atoms with Crippen molar-refractivity contribution in [2.45, 2.75) is 65.5 Å². The summed E-state index contributed by atoms with van der Waals surface area (Å²) in [5.74, 6) is 0.960. The molecule has 94 valence electrons. The van der Waals surface area contributed by atoms with E-state index in [9.17, 15) is 4.79 Å². The van der Waals surface area contributed by atoms with Gasteiger partial charge in [-0.05, 0) is 32.6 Å². The van der Waals surface area contributed by atoms with Crippen LogP contribution in [0.2, 0.25) is 0 Å². The van der Waals surface area contributed by atoms with Gasteiger partial charge < -0.3 is 4.90 Å². The molecule has 1 heterocycles. The lowest BCUT2D eigenvalue weighted by molar-refractivity contribution is -0.133. The van der Waals surface area contributed by atoms with Gasteiger partial charge in [-0.25, -0.2) is 0 Å². The van der Waals surface area contributed by atoms with Crippen LogP contribution in [0, 0.1) is 5.92 Å². The number of carbonyl (C=O) groups excluding carboxylic acids is 1. The van der Waals surface area contributed by atoms with Gasteiger partial charge >= 0.3 is 0 Å². The van der Waals surface area contributed by atoms with Crippen LogP contribution in [0.15, 0.2) is 0 Å². The van der Waals surface area contributed by atoms with E-state index in [1.54, 1.807) is 0 Å². The van der Waals surface area contributed by atoms with Gasteiger partial charge in [0.2, 0.25) is 5.91 Å². The van der Waals surface area contributed by atoms with Gasteiger partial charge in [-0.15, -0.1) is 0 Å². The summed E-state index contributed by atoms with van der Waals surface area (Å²) in [6.45, 7) is 11.4. The van der Waals surface area contributed by atoms with Crippen molar-refractivity contribution in [2.24, 2.45) is 5.92 Å². The summed E-state index contributed by atoms with van der Waals surface area (Å²) in [5.41, 5.74) is -0.330. The minimum Gasteiger partial charge on any atom is -0.326 e. The van der Waals surface area contributed by atoms with E-state index in [4.69, 9.17) is 0 Å². The number of nitrogens with one attached hydrogen (secondary N) is 1. The van der Waals surface area contributed by atoms with Crippen molar-refractivity contribution in [1.82, 2.24) is 10.2 Å². The first-order valence-electron chi connectivity index (χ1n) is 6.50. The number of carbonyl (C=O) groups is 1. The number of nitrogens with zero attached hydrogens (tertiary/aromatic N) is 1. The van der Waals surface area contributed by atoms with Crippen LogP contribution < -0.4 is 5.32 Å². The molecule has 0 aromatic carbocycles. The third-order valence-corrected chi connectivity index (χ3v) is 4.05. The predicted octanol–water partition coefficient (Wildman–Crippen LogP) is 2.37. The Hall–Kier alpha value is -0.570. The van der Waals surface area contributed by atoms with Crippen LogP contribution in [-0.2, 0) is 4.79 Å². The van der Waals surface area contributed by atoms with Crippen LogP contribution in [0.1, 0.15) is 53.9 Å². The maximum Gasteiger partial charge on any atom is 0.243 e. The fraction of sp³-hybridized carbons (Fsp3) is 0.923. The second-order valence-corrected chi connectivity index (χ2v) is 5.39. The molecule has 16 heavy (non-hydrogen) atoms. The SMILES string of the molecule is CCC(C)CC(C)N1CNC(C)(CC)C1=O. The van der Waals surface area contributed by atoms with Gasteiger partial charge in [0.1, 0.15) is 0 Å². The highest BCUT2D eigenvalue weighted by atomic mass is 16.2. The summed E-state index contributed by atoms with van der Waals surface area (Å²) in [6, 6.07) is 0.350. The number of hydrogen-bond donors (Lipinski definition) is 1. The molecule has 0 aromatic heterocycles. The molecule has 1 amide bonds. The van der Waals surface area contributed by atoms with E-state index in [1.807, 2.05) is 11.8 Å². The zero-order chi connectivity index (χ0) is 12.3. The Balaban J connectivity index is 2.60. The highest BCUT2D eigenvalue weighted by Crippen LogP contribution is 2.24. The molecule has 0 radical (unpaired) electrons. The minimum absolute atomic E-state index is 0.269. The molecule has 0 spiro atoms. The Morgan fingerprint density at radius 1 is 1.44 bits per heavy atom. The molecule has 1 aliphatic rings. The first-order valence-corrected chi connectivity index (χ1v) is 6.50. The second-order valence-electron chi connectivity index (χ2n) is 5.39. The van der Waals surface area contributed by atoms with Crippen molar-refractivity contribution in [3.63, 3.8) is 0 Å². The number of rotatable bonds is 5. The van der Waals surface area contributed by atoms with Gasteiger partial charge in [0.05, 0.1) is 12.2 Å². The molecule has 3 unspecified atom stereocenters. The maximum absolute atomic E-state index is 12.2. The summed E-state index contributed by atoms with van der Waals surface area (Å²) < 4.78 is 0. The topological polar surface area (TPSA) is 32.3 Å².